The Hall–Kier alpha value is -1.65. The number of carbonyl (C=O) groups is 1. The van der Waals surface area contributed by atoms with Gasteiger partial charge in [0.1, 0.15) is 0 Å². The first kappa shape index (κ1) is 12.8. The van der Waals surface area contributed by atoms with Gasteiger partial charge in [0.2, 0.25) is 0 Å². The highest BCUT2D eigenvalue weighted by molar-refractivity contribution is 7.12. The summed E-state index contributed by atoms with van der Waals surface area (Å²) in [5, 5.41) is 14.1. The van der Waals surface area contributed by atoms with Crippen LogP contribution in [0.1, 0.15) is 26.8 Å². The van der Waals surface area contributed by atoms with Gasteiger partial charge in [-0.3, -0.25) is 4.79 Å². The Kier molecular flexibility index (Phi) is 4.12. The number of hydrogen-bond donors (Lipinski definition) is 2. The standard InChI is InChI=1S/C14H15NO2S/c1-10-7-8-18-13(10)14(17)15-12(9-16)11-5-3-2-4-6-11/h2-8,12,16H,9H2,1H3,(H,15,17). The molecule has 2 N–H and O–H groups in total. The number of amides is 1. The van der Waals surface area contributed by atoms with Crippen LogP contribution >= 0.6 is 11.3 Å². The SMILES string of the molecule is Cc1ccsc1C(=O)NC(CO)c1ccccc1. The van der Waals surface area contributed by atoms with E-state index >= 15 is 0 Å². The lowest BCUT2D eigenvalue weighted by Gasteiger charge is -2.16. The van der Waals surface area contributed by atoms with E-state index < -0.39 is 0 Å². The molecule has 1 atom stereocenters. The number of aliphatic hydroxyl groups is 1. The third kappa shape index (κ3) is 2.78. The Balaban J connectivity index is 2.13. The minimum absolute atomic E-state index is 0.111. The van der Waals surface area contributed by atoms with Crippen LogP contribution in [0.5, 0.6) is 0 Å². The Labute approximate surface area is 110 Å². The molecule has 94 valence electrons. The molecule has 0 radical (unpaired) electrons. The molecule has 0 fully saturated rings. The molecular weight excluding hydrogens is 246 g/mol. The number of rotatable bonds is 4. The lowest BCUT2D eigenvalue weighted by Crippen LogP contribution is -2.30. The first-order chi connectivity index (χ1) is 8.72. The van der Waals surface area contributed by atoms with Gasteiger partial charge in [-0.1, -0.05) is 30.3 Å². The molecule has 3 nitrogen and oxygen atoms in total. The van der Waals surface area contributed by atoms with E-state index in [9.17, 15) is 9.90 Å². The average molecular weight is 261 g/mol. The van der Waals surface area contributed by atoms with Crippen molar-refractivity contribution in [2.24, 2.45) is 0 Å². The van der Waals surface area contributed by atoms with Crippen molar-refractivity contribution in [2.75, 3.05) is 6.61 Å². The first-order valence-electron chi connectivity index (χ1n) is 5.73. The number of thiophene rings is 1. The summed E-state index contributed by atoms with van der Waals surface area (Å²) in [4.78, 5) is 12.8. The van der Waals surface area contributed by atoms with Gasteiger partial charge >= 0.3 is 0 Å². The van der Waals surface area contributed by atoms with Crippen molar-refractivity contribution in [1.82, 2.24) is 5.32 Å². The molecule has 0 bridgehead atoms. The van der Waals surface area contributed by atoms with Crippen LogP contribution in [-0.4, -0.2) is 17.6 Å². The van der Waals surface area contributed by atoms with Gasteiger partial charge in [-0.05, 0) is 29.5 Å². The van der Waals surface area contributed by atoms with E-state index in [0.717, 1.165) is 11.1 Å². The van der Waals surface area contributed by atoms with Crippen molar-refractivity contribution in [3.05, 3.63) is 57.8 Å². The molecule has 2 aromatic rings. The summed E-state index contributed by atoms with van der Waals surface area (Å²) in [5.74, 6) is -0.134. The van der Waals surface area contributed by atoms with Gasteiger partial charge in [0.15, 0.2) is 0 Å². The summed E-state index contributed by atoms with van der Waals surface area (Å²) in [6.07, 6.45) is 0. The van der Waals surface area contributed by atoms with E-state index in [-0.39, 0.29) is 18.6 Å². The van der Waals surface area contributed by atoms with Crippen LogP contribution in [0.2, 0.25) is 0 Å². The monoisotopic (exact) mass is 261 g/mol. The Morgan fingerprint density at radius 2 is 2.06 bits per heavy atom. The van der Waals surface area contributed by atoms with E-state index in [2.05, 4.69) is 5.32 Å². The van der Waals surface area contributed by atoms with Crippen LogP contribution in [-0.2, 0) is 0 Å². The Morgan fingerprint density at radius 1 is 1.33 bits per heavy atom. The van der Waals surface area contributed by atoms with Crippen molar-refractivity contribution in [1.29, 1.82) is 0 Å². The molecule has 0 saturated carbocycles. The predicted molar refractivity (Wildman–Crippen MR) is 72.8 cm³/mol. The van der Waals surface area contributed by atoms with Crippen molar-refractivity contribution in [3.8, 4) is 0 Å². The lowest BCUT2D eigenvalue weighted by atomic mass is 10.1. The lowest BCUT2D eigenvalue weighted by molar-refractivity contribution is 0.0920. The fraction of sp³-hybridized carbons (Fsp3) is 0.214. The topological polar surface area (TPSA) is 49.3 Å². The molecule has 1 heterocycles. The zero-order valence-electron chi connectivity index (χ0n) is 10.1. The van der Waals surface area contributed by atoms with Crippen LogP contribution in [0.4, 0.5) is 0 Å². The van der Waals surface area contributed by atoms with E-state index in [4.69, 9.17) is 0 Å². The maximum absolute atomic E-state index is 12.1. The normalized spacial score (nSPS) is 12.1. The molecule has 0 aliphatic carbocycles. The second-order valence-electron chi connectivity index (χ2n) is 4.05. The van der Waals surface area contributed by atoms with Gasteiger partial charge in [-0.15, -0.1) is 11.3 Å². The molecule has 1 aromatic heterocycles. The third-order valence-corrected chi connectivity index (χ3v) is 3.77. The number of nitrogens with one attached hydrogen (secondary N) is 1. The molecule has 0 aliphatic heterocycles. The number of aryl methyl sites for hydroxylation is 1. The summed E-state index contributed by atoms with van der Waals surface area (Å²) in [5.41, 5.74) is 1.87. The minimum Gasteiger partial charge on any atom is -0.394 e. The molecule has 1 unspecified atom stereocenters. The van der Waals surface area contributed by atoms with Gasteiger partial charge in [-0.2, -0.15) is 0 Å². The summed E-state index contributed by atoms with van der Waals surface area (Å²) in [6, 6.07) is 11.0. The quantitative estimate of drug-likeness (QED) is 0.888. The van der Waals surface area contributed by atoms with Crippen molar-refractivity contribution >= 4 is 17.2 Å². The third-order valence-electron chi connectivity index (χ3n) is 2.76. The van der Waals surface area contributed by atoms with Gasteiger partial charge in [0.25, 0.3) is 5.91 Å². The maximum atomic E-state index is 12.1. The predicted octanol–water partition coefficient (Wildman–Crippen LogP) is 2.52. The van der Waals surface area contributed by atoms with Gasteiger partial charge in [0, 0.05) is 0 Å². The van der Waals surface area contributed by atoms with Crippen LogP contribution in [0.25, 0.3) is 0 Å². The summed E-state index contributed by atoms with van der Waals surface area (Å²) in [7, 11) is 0. The summed E-state index contributed by atoms with van der Waals surface area (Å²) >= 11 is 1.41. The van der Waals surface area contributed by atoms with Crippen LogP contribution in [0.3, 0.4) is 0 Å². The summed E-state index contributed by atoms with van der Waals surface area (Å²) in [6.45, 7) is 1.79. The largest absolute Gasteiger partial charge is 0.394 e. The first-order valence-corrected chi connectivity index (χ1v) is 6.61. The van der Waals surface area contributed by atoms with Crippen LogP contribution < -0.4 is 5.32 Å². The number of aliphatic hydroxyl groups excluding tert-OH is 1. The number of hydrogen-bond acceptors (Lipinski definition) is 3. The van der Waals surface area contributed by atoms with E-state index in [1.165, 1.54) is 11.3 Å². The Bertz CT molecular complexity index is 522. The average Bonchev–Trinajstić information content (AvgIpc) is 2.83. The molecular formula is C14H15NO2S. The number of benzene rings is 1. The van der Waals surface area contributed by atoms with Crippen molar-refractivity contribution in [2.45, 2.75) is 13.0 Å². The van der Waals surface area contributed by atoms with E-state index in [1.807, 2.05) is 48.7 Å². The van der Waals surface area contributed by atoms with Gasteiger partial charge < -0.3 is 10.4 Å². The molecule has 2 rings (SSSR count). The molecule has 0 spiro atoms. The van der Waals surface area contributed by atoms with Crippen molar-refractivity contribution in [3.63, 3.8) is 0 Å². The molecule has 18 heavy (non-hydrogen) atoms. The van der Waals surface area contributed by atoms with Crippen LogP contribution in [0.15, 0.2) is 41.8 Å². The minimum atomic E-state index is -0.361. The zero-order chi connectivity index (χ0) is 13.0. The van der Waals surface area contributed by atoms with E-state index in [1.54, 1.807) is 0 Å². The van der Waals surface area contributed by atoms with Crippen LogP contribution in [0, 0.1) is 6.92 Å². The highest BCUT2D eigenvalue weighted by Crippen LogP contribution is 2.18. The molecule has 4 heteroatoms. The Morgan fingerprint density at radius 3 is 2.61 bits per heavy atom. The molecule has 1 amide bonds. The highest BCUT2D eigenvalue weighted by atomic mass is 32.1. The fourth-order valence-electron chi connectivity index (χ4n) is 1.75. The van der Waals surface area contributed by atoms with Gasteiger partial charge in [-0.25, -0.2) is 0 Å². The second-order valence-corrected chi connectivity index (χ2v) is 4.97. The smallest absolute Gasteiger partial charge is 0.262 e. The fourth-order valence-corrected chi connectivity index (χ4v) is 2.58. The molecule has 1 aromatic carbocycles. The second kappa shape index (κ2) is 5.80. The van der Waals surface area contributed by atoms with E-state index in [0.29, 0.717) is 4.88 Å². The number of carbonyl (C=O) groups excluding carboxylic acids is 1. The molecule has 0 saturated heterocycles. The molecule has 0 aliphatic rings. The highest BCUT2D eigenvalue weighted by Gasteiger charge is 2.16. The summed E-state index contributed by atoms with van der Waals surface area (Å²) < 4.78 is 0. The van der Waals surface area contributed by atoms with Gasteiger partial charge in [0.05, 0.1) is 17.5 Å². The maximum Gasteiger partial charge on any atom is 0.262 e. The van der Waals surface area contributed by atoms with Crippen molar-refractivity contribution < 1.29 is 9.90 Å². The zero-order valence-corrected chi connectivity index (χ0v) is 10.9.